The minimum atomic E-state index is -0.833. The van der Waals surface area contributed by atoms with E-state index in [2.05, 4.69) is 19.9 Å². The van der Waals surface area contributed by atoms with E-state index in [1.54, 1.807) is 0 Å². The average molecular weight is 297 g/mol. The number of carbonyl (C=O) groups is 3. The Bertz CT molecular complexity index is 686. The van der Waals surface area contributed by atoms with Crippen LogP contribution in [0.5, 0.6) is 0 Å². The quantitative estimate of drug-likeness (QED) is 0.509. The lowest BCUT2D eigenvalue weighted by Crippen LogP contribution is -2.10. The number of nitrogen functional groups attached to an aromatic ring is 1. The number of Topliss-reactive ketones (excluding diaryl/α,β-unsaturated/α-hetero) is 2. The van der Waals surface area contributed by atoms with Crippen molar-refractivity contribution in [2.75, 3.05) is 5.73 Å². The zero-order valence-electron chi connectivity index (χ0n) is 11.6. The molecule has 0 radical (unpaired) electrons. The summed E-state index contributed by atoms with van der Waals surface area (Å²) in [7, 11) is 0. The molecule has 0 unspecified atom stereocenters. The predicted octanol–water partition coefficient (Wildman–Crippen LogP) is -0.516. The molecule has 10 nitrogen and oxygen atoms in total. The number of aliphatic carboxylic acids is 1. The molecule has 2 aromatic rings. The minimum absolute atomic E-state index is 0.0896. The second-order valence-corrected chi connectivity index (χ2v) is 3.68. The van der Waals surface area contributed by atoms with E-state index in [9.17, 15) is 14.4 Å². The minimum Gasteiger partial charge on any atom is -0.481 e. The number of nitrogens with two attached hydrogens (primary N) is 1. The van der Waals surface area contributed by atoms with Crippen molar-refractivity contribution >= 4 is 34.6 Å². The summed E-state index contributed by atoms with van der Waals surface area (Å²) in [6, 6.07) is 0. The zero-order valence-corrected chi connectivity index (χ0v) is 11.6. The molecule has 0 spiro atoms. The molecule has 114 valence electrons. The summed E-state index contributed by atoms with van der Waals surface area (Å²) in [5, 5.41) is 7.42. The largest absolute Gasteiger partial charge is 0.481 e. The van der Waals surface area contributed by atoms with Gasteiger partial charge in [0, 0.05) is 20.8 Å². The van der Waals surface area contributed by atoms with Crippen LogP contribution < -0.4 is 11.3 Å². The smallest absolute Gasteiger partial charge is 0.300 e. The van der Waals surface area contributed by atoms with Gasteiger partial charge in [0.15, 0.2) is 22.7 Å². The van der Waals surface area contributed by atoms with E-state index in [1.165, 1.54) is 20.2 Å². The zero-order chi connectivity index (χ0) is 16.6. The lowest BCUT2D eigenvalue weighted by atomic mass is 10.3. The third kappa shape index (κ3) is 7.20. The number of nitrogens with zero attached hydrogens (tertiary/aromatic N) is 2. The fraction of sp³-hybridized carbons (Fsp3) is 0.273. The van der Waals surface area contributed by atoms with Crippen molar-refractivity contribution in [1.29, 1.82) is 0 Å². The molecule has 0 aliphatic heterocycles. The highest BCUT2D eigenvalue weighted by Gasteiger charge is 2.01. The third-order valence-electron chi connectivity index (χ3n) is 1.80. The van der Waals surface area contributed by atoms with Gasteiger partial charge in [0.2, 0.25) is 5.95 Å². The van der Waals surface area contributed by atoms with E-state index in [4.69, 9.17) is 15.6 Å². The first-order valence-electron chi connectivity index (χ1n) is 5.55. The van der Waals surface area contributed by atoms with Gasteiger partial charge in [-0.1, -0.05) is 0 Å². The maximum atomic E-state index is 11.0. The number of fused-ring (bicyclic) bond motifs is 1. The van der Waals surface area contributed by atoms with Gasteiger partial charge in [-0.3, -0.25) is 24.2 Å². The van der Waals surface area contributed by atoms with E-state index < -0.39 is 5.97 Å². The third-order valence-corrected chi connectivity index (χ3v) is 1.80. The van der Waals surface area contributed by atoms with Crippen molar-refractivity contribution in [3.05, 3.63) is 16.7 Å². The number of anilines is 1. The van der Waals surface area contributed by atoms with Gasteiger partial charge in [0.05, 0.1) is 6.33 Å². The molecule has 0 saturated heterocycles. The van der Waals surface area contributed by atoms with Crippen LogP contribution in [-0.2, 0) is 14.4 Å². The average Bonchev–Trinajstić information content (AvgIpc) is 2.76. The Balaban J connectivity index is 0.000000342. The number of aromatic amines is 2. The molecule has 21 heavy (non-hydrogen) atoms. The fourth-order valence-electron chi connectivity index (χ4n) is 0.863. The van der Waals surface area contributed by atoms with E-state index in [-0.39, 0.29) is 28.6 Å². The first-order valence-corrected chi connectivity index (χ1v) is 5.55. The summed E-state index contributed by atoms with van der Waals surface area (Å²) < 4.78 is 0. The number of H-pyrrole nitrogens is 2. The second-order valence-electron chi connectivity index (χ2n) is 3.68. The maximum absolute atomic E-state index is 11.0. The molecule has 0 fully saturated rings. The molecule has 2 aromatic heterocycles. The van der Waals surface area contributed by atoms with Crippen molar-refractivity contribution in [3.8, 4) is 0 Å². The number of carbonyl (C=O) groups excluding carboxylic acids is 2. The van der Waals surface area contributed by atoms with Crippen LogP contribution in [0.3, 0.4) is 0 Å². The van der Waals surface area contributed by atoms with Gasteiger partial charge in [0.1, 0.15) is 0 Å². The summed E-state index contributed by atoms with van der Waals surface area (Å²) in [5.74, 6) is -1.50. The Labute approximate surface area is 118 Å². The molecular weight excluding hydrogens is 282 g/mol. The van der Waals surface area contributed by atoms with E-state index in [1.807, 2.05) is 0 Å². The number of carboxylic acid groups (broad SMARTS) is 1. The van der Waals surface area contributed by atoms with Crippen molar-refractivity contribution in [2.24, 2.45) is 0 Å². The number of ketones is 2. The van der Waals surface area contributed by atoms with Gasteiger partial charge in [0.25, 0.3) is 11.5 Å². The molecule has 5 N–H and O–H groups in total. The van der Waals surface area contributed by atoms with Crippen LogP contribution in [0.15, 0.2) is 11.1 Å². The normalized spacial score (nSPS) is 8.90. The Morgan fingerprint density at radius 2 is 1.67 bits per heavy atom. The van der Waals surface area contributed by atoms with Gasteiger partial charge >= 0.3 is 0 Å². The molecule has 2 heterocycles. The van der Waals surface area contributed by atoms with E-state index >= 15 is 0 Å². The lowest BCUT2D eigenvalue weighted by Gasteiger charge is -1.89. The maximum Gasteiger partial charge on any atom is 0.300 e. The topological polar surface area (TPSA) is 172 Å². The molecule has 0 aliphatic carbocycles. The number of hydrogen-bond acceptors (Lipinski definition) is 7. The molecule has 0 bridgehead atoms. The molecule has 0 aliphatic rings. The highest BCUT2D eigenvalue weighted by Crippen LogP contribution is 1.98. The van der Waals surface area contributed by atoms with Crippen LogP contribution >= 0.6 is 0 Å². The molecule has 2 rings (SSSR count). The molecular formula is C11H15N5O5. The Kier molecular flexibility index (Phi) is 7.01. The number of imidazole rings is 1. The van der Waals surface area contributed by atoms with Crippen molar-refractivity contribution in [3.63, 3.8) is 0 Å². The van der Waals surface area contributed by atoms with Gasteiger partial charge in [-0.25, -0.2) is 4.98 Å². The van der Waals surface area contributed by atoms with Crippen LogP contribution in [0.4, 0.5) is 5.95 Å². The predicted molar refractivity (Wildman–Crippen MR) is 73.6 cm³/mol. The molecule has 0 atom stereocenters. The lowest BCUT2D eigenvalue weighted by molar-refractivity contribution is -0.134. The highest BCUT2D eigenvalue weighted by molar-refractivity contribution is 6.35. The molecule has 0 saturated carbocycles. The highest BCUT2D eigenvalue weighted by atomic mass is 16.4. The molecule has 0 amide bonds. The first-order chi connectivity index (χ1) is 9.65. The van der Waals surface area contributed by atoms with Crippen LogP contribution in [0, 0.1) is 0 Å². The van der Waals surface area contributed by atoms with Gasteiger partial charge in [-0.05, 0) is 0 Å². The summed E-state index contributed by atoms with van der Waals surface area (Å²) in [5.41, 5.74) is 5.63. The number of nitrogens with one attached hydrogen (secondary N) is 2. The number of rotatable bonds is 1. The first kappa shape index (κ1) is 18.0. The van der Waals surface area contributed by atoms with Crippen molar-refractivity contribution in [2.45, 2.75) is 20.8 Å². The number of carboxylic acids is 1. The Morgan fingerprint density at radius 1 is 1.19 bits per heavy atom. The van der Waals surface area contributed by atoms with Crippen LogP contribution in [-0.4, -0.2) is 42.6 Å². The second kappa shape index (κ2) is 8.19. The summed E-state index contributed by atoms with van der Waals surface area (Å²) in [4.78, 5) is 52.1. The SMILES string of the molecule is CC(=O)C(C)=O.CC(=O)O.Nc1nc2[nH]cnc2c(=O)[nH]1. The number of aromatic nitrogens is 4. The van der Waals surface area contributed by atoms with Crippen LogP contribution in [0.1, 0.15) is 20.8 Å². The van der Waals surface area contributed by atoms with Gasteiger partial charge in [-0.15, -0.1) is 0 Å². The Hall–Kier alpha value is -3.04. The summed E-state index contributed by atoms with van der Waals surface area (Å²) in [6.45, 7) is 3.59. The molecule has 10 heteroatoms. The number of hydrogen-bond donors (Lipinski definition) is 4. The van der Waals surface area contributed by atoms with Gasteiger partial charge < -0.3 is 15.8 Å². The van der Waals surface area contributed by atoms with E-state index in [0.29, 0.717) is 5.65 Å². The molecule has 0 aromatic carbocycles. The van der Waals surface area contributed by atoms with Crippen molar-refractivity contribution in [1.82, 2.24) is 19.9 Å². The van der Waals surface area contributed by atoms with Crippen molar-refractivity contribution < 1.29 is 19.5 Å². The summed E-state index contributed by atoms with van der Waals surface area (Å²) in [6.07, 6.45) is 1.40. The fourth-order valence-corrected chi connectivity index (χ4v) is 0.863. The monoisotopic (exact) mass is 297 g/mol. The van der Waals surface area contributed by atoms with Crippen LogP contribution in [0.2, 0.25) is 0 Å². The standard InChI is InChI=1S/C5H5N5O.C4H6O2.C2H4O2/c6-5-9-3-2(4(11)10-5)7-1-8-3;1-3(5)4(2)6;1-2(3)4/h1H,(H4,6,7,8,9,10,11);1-2H3;1H3,(H,3,4). The Morgan fingerprint density at radius 3 is 2.10 bits per heavy atom. The van der Waals surface area contributed by atoms with E-state index in [0.717, 1.165) is 6.92 Å². The van der Waals surface area contributed by atoms with Crippen LogP contribution in [0.25, 0.3) is 11.2 Å². The summed E-state index contributed by atoms with van der Waals surface area (Å²) >= 11 is 0. The van der Waals surface area contributed by atoms with Gasteiger partial charge in [-0.2, -0.15) is 4.98 Å².